The molecular weight excluding hydrogens is 202 g/mol. The Labute approximate surface area is 89.1 Å². The van der Waals surface area contributed by atoms with E-state index in [0.717, 1.165) is 11.6 Å². The first kappa shape index (κ1) is 11.0. The lowest BCUT2D eigenvalue weighted by molar-refractivity contribution is 0.428. The zero-order valence-electron chi connectivity index (χ0n) is 8.30. The highest BCUT2D eigenvalue weighted by Gasteiger charge is 2.18. The number of halogens is 1. The number of hydrogen-bond acceptors (Lipinski definition) is 2. The van der Waals surface area contributed by atoms with Gasteiger partial charge in [-0.1, -0.05) is 32.4 Å². The van der Waals surface area contributed by atoms with Crippen LogP contribution < -0.4 is 5.32 Å². The van der Waals surface area contributed by atoms with Gasteiger partial charge in [0.25, 0.3) is 0 Å². The summed E-state index contributed by atoms with van der Waals surface area (Å²) in [6, 6.07) is 2.37. The minimum Gasteiger partial charge on any atom is -0.309 e. The number of nitrogens with one attached hydrogen (secondary N) is 1. The van der Waals surface area contributed by atoms with Crippen LogP contribution in [0.5, 0.6) is 0 Å². The lowest BCUT2D eigenvalue weighted by Gasteiger charge is -2.20. The molecular formula is C10H16ClNS. The first-order valence-corrected chi connectivity index (χ1v) is 5.88. The van der Waals surface area contributed by atoms with E-state index in [9.17, 15) is 0 Å². The Kier molecular flexibility index (Phi) is 4.23. The van der Waals surface area contributed by atoms with E-state index in [1.165, 1.54) is 4.88 Å². The highest BCUT2D eigenvalue weighted by Crippen LogP contribution is 2.32. The van der Waals surface area contributed by atoms with Crippen molar-refractivity contribution < 1.29 is 0 Å². The van der Waals surface area contributed by atoms with Crippen molar-refractivity contribution in [1.82, 2.24) is 5.32 Å². The minimum absolute atomic E-state index is 0.400. The molecule has 0 amide bonds. The molecule has 0 saturated carbocycles. The molecule has 1 atom stereocenters. The van der Waals surface area contributed by atoms with Crippen molar-refractivity contribution in [3.63, 3.8) is 0 Å². The lowest BCUT2D eigenvalue weighted by atomic mass is 10.0. The first-order valence-electron chi connectivity index (χ1n) is 4.63. The molecule has 0 spiro atoms. The Morgan fingerprint density at radius 1 is 1.54 bits per heavy atom. The molecule has 0 aliphatic carbocycles. The summed E-state index contributed by atoms with van der Waals surface area (Å²) in [4.78, 5) is 1.26. The van der Waals surface area contributed by atoms with Crippen LogP contribution in [0, 0.1) is 5.92 Å². The van der Waals surface area contributed by atoms with E-state index in [0.29, 0.717) is 12.0 Å². The zero-order valence-corrected chi connectivity index (χ0v) is 9.88. The molecule has 0 bridgehead atoms. The van der Waals surface area contributed by atoms with Gasteiger partial charge in [0.05, 0.1) is 5.02 Å². The molecule has 1 N–H and O–H groups in total. The molecule has 3 heteroatoms. The van der Waals surface area contributed by atoms with Crippen molar-refractivity contribution >= 4 is 22.9 Å². The normalized spacial score (nSPS) is 13.6. The smallest absolute Gasteiger partial charge is 0.0561 e. The van der Waals surface area contributed by atoms with Gasteiger partial charge in [-0.2, -0.15) is 0 Å². The summed E-state index contributed by atoms with van der Waals surface area (Å²) in [5.41, 5.74) is 0. The van der Waals surface area contributed by atoms with Crippen LogP contribution in [0.4, 0.5) is 0 Å². The summed E-state index contributed by atoms with van der Waals surface area (Å²) in [7, 11) is 0. The van der Waals surface area contributed by atoms with E-state index in [1.54, 1.807) is 11.3 Å². The molecule has 1 heterocycles. The molecule has 0 radical (unpaired) electrons. The highest BCUT2D eigenvalue weighted by molar-refractivity contribution is 7.10. The van der Waals surface area contributed by atoms with Crippen molar-refractivity contribution in [3.8, 4) is 0 Å². The molecule has 74 valence electrons. The van der Waals surface area contributed by atoms with Crippen LogP contribution in [-0.4, -0.2) is 6.54 Å². The van der Waals surface area contributed by atoms with Crippen LogP contribution in [0.2, 0.25) is 5.02 Å². The average molecular weight is 218 g/mol. The third kappa shape index (κ3) is 2.70. The third-order valence-corrected chi connectivity index (χ3v) is 3.46. The van der Waals surface area contributed by atoms with Gasteiger partial charge in [-0.25, -0.2) is 0 Å². The van der Waals surface area contributed by atoms with Crippen LogP contribution in [-0.2, 0) is 0 Å². The van der Waals surface area contributed by atoms with Crippen molar-refractivity contribution in [2.24, 2.45) is 5.92 Å². The topological polar surface area (TPSA) is 12.0 Å². The van der Waals surface area contributed by atoms with Gasteiger partial charge in [0, 0.05) is 10.9 Å². The maximum atomic E-state index is 6.08. The third-order valence-electron chi connectivity index (χ3n) is 2.02. The van der Waals surface area contributed by atoms with Gasteiger partial charge in [-0.3, -0.25) is 0 Å². The zero-order chi connectivity index (χ0) is 9.84. The first-order chi connectivity index (χ1) is 6.16. The van der Waals surface area contributed by atoms with Gasteiger partial charge >= 0.3 is 0 Å². The van der Waals surface area contributed by atoms with Crippen LogP contribution in [0.25, 0.3) is 0 Å². The minimum atomic E-state index is 0.400. The second-order valence-corrected chi connectivity index (χ2v) is 4.77. The number of thiophene rings is 1. The second kappa shape index (κ2) is 4.99. The molecule has 1 rings (SSSR count). The Hall–Kier alpha value is -0.0500. The second-order valence-electron chi connectivity index (χ2n) is 3.41. The van der Waals surface area contributed by atoms with Gasteiger partial charge in [0.1, 0.15) is 0 Å². The van der Waals surface area contributed by atoms with E-state index in [1.807, 2.05) is 11.4 Å². The number of rotatable bonds is 4. The van der Waals surface area contributed by atoms with E-state index < -0.39 is 0 Å². The SMILES string of the molecule is CCNC(c1sccc1Cl)C(C)C. The summed E-state index contributed by atoms with van der Waals surface area (Å²) in [5, 5.41) is 6.39. The standard InChI is InChI=1S/C10H16ClNS/c1-4-12-9(7(2)3)10-8(11)5-6-13-10/h5-7,9,12H,4H2,1-3H3. The predicted octanol–water partition coefficient (Wildman–Crippen LogP) is 3.71. The van der Waals surface area contributed by atoms with Crippen LogP contribution in [0.3, 0.4) is 0 Å². The molecule has 0 aromatic carbocycles. The lowest BCUT2D eigenvalue weighted by Crippen LogP contribution is -2.24. The number of hydrogen-bond donors (Lipinski definition) is 1. The summed E-state index contributed by atoms with van der Waals surface area (Å²) < 4.78 is 0. The fourth-order valence-electron chi connectivity index (χ4n) is 1.38. The molecule has 1 unspecified atom stereocenters. The van der Waals surface area contributed by atoms with Crippen molar-refractivity contribution in [1.29, 1.82) is 0 Å². The summed E-state index contributed by atoms with van der Waals surface area (Å²) in [6.45, 7) is 7.53. The van der Waals surface area contributed by atoms with E-state index in [4.69, 9.17) is 11.6 Å². The van der Waals surface area contributed by atoms with Crippen LogP contribution >= 0.6 is 22.9 Å². The van der Waals surface area contributed by atoms with Gasteiger partial charge in [0.2, 0.25) is 0 Å². The van der Waals surface area contributed by atoms with E-state index in [2.05, 4.69) is 26.1 Å². The fourth-order valence-corrected chi connectivity index (χ4v) is 2.80. The predicted molar refractivity (Wildman–Crippen MR) is 60.6 cm³/mol. The van der Waals surface area contributed by atoms with Gasteiger partial charge < -0.3 is 5.32 Å². The van der Waals surface area contributed by atoms with Crippen molar-refractivity contribution in [2.75, 3.05) is 6.54 Å². The Morgan fingerprint density at radius 2 is 2.23 bits per heavy atom. The summed E-state index contributed by atoms with van der Waals surface area (Å²) in [6.07, 6.45) is 0. The van der Waals surface area contributed by atoms with Crippen LogP contribution in [0.15, 0.2) is 11.4 Å². The van der Waals surface area contributed by atoms with Gasteiger partial charge in [-0.05, 0) is 23.9 Å². The fraction of sp³-hybridized carbons (Fsp3) is 0.600. The van der Waals surface area contributed by atoms with E-state index in [-0.39, 0.29) is 0 Å². The Balaban J connectivity index is 2.82. The molecule has 0 aliphatic heterocycles. The summed E-state index contributed by atoms with van der Waals surface area (Å²) in [5.74, 6) is 0.580. The molecule has 1 nitrogen and oxygen atoms in total. The summed E-state index contributed by atoms with van der Waals surface area (Å²) >= 11 is 7.82. The maximum Gasteiger partial charge on any atom is 0.0561 e. The molecule has 1 aromatic heterocycles. The van der Waals surface area contributed by atoms with E-state index >= 15 is 0 Å². The van der Waals surface area contributed by atoms with Crippen molar-refractivity contribution in [2.45, 2.75) is 26.8 Å². The molecule has 0 aliphatic rings. The molecule has 13 heavy (non-hydrogen) atoms. The van der Waals surface area contributed by atoms with Crippen LogP contribution in [0.1, 0.15) is 31.7 Å². The largest absolute Gasteiger partial charge is 0.309 e. The van der Waals surface area contributed by atoms with Crippen molar-refractivity contribution in [3.05, 3.63) is 21.3 Å². The monoisotopic (exact) mass is 217 g/mol. The average Bonchev–Trinajstić information content (AvgIpc) is 2.47. The van der Waals surface area contributed by atoms with Gasteiger partial charge in [0.15, 0.2) is 0 Å². The van der Waals surface area contributed by atoms with Gasteiger partial charge in [-0.15, -0.1) is 11.3 Å². The highest BCUT2D eigenvalue weighted by atomic mass is 35.5. The quantitative estimate of drug-likeness (QED) is 0.811. The molecule has 1 aromatic rings. The Bertz CT molecular complexity index is 257. The molecule has 0 saturated heterocycles. The Morgan fingerprint density at radius 3 is 2.62 bits per heavy atom. The maximum absolute atomic E-state index is 6.08. The molecule has 0 fully saturated rings.